The van der Waals surface area contributed by atoms with E-state index in [2.05, 4.69) is 27.4 Å². The molecule has 0 aromatic heterocycles. The van der Waals surface area contributed by atoms with Gasteiger partial charge in [0.2, 0.25) is 0 Å². The number of carbonyl (C=O) groups is 1. The van der Waals surface area contributed by atoms with Crippen molar-refractivity contribution in [1.82, 2.24) is 0 Å². The van der Waals surface area contributed by atoms with Gasteiger partial charge in [0.05, 0.1) is 18.8 Å². The molecule has 0 spiro atoms. The van der Waals surface area contributed by atoms with Gasteiger partial charge in [-0.2, -0.15) is 4.89 Å². The number of aliphatic hydroxyl groups excluding tert-OH is 1. The Bertz CT molecular complexity index is 693. The lowest BCUT2D eigenvalue weighted by Gasteiger charge is -2.61. The maximum Gasteiger partial charge on any atom is 0.303 e. The van der Waals surface area contributed by atoms with Gasteiger partial charge < -0.3 is 19.5 Å². The predicted octanol–water partition coefficient (Wildman–Crippen LogP) is 4.55. The molecule has 3 aliphatic carbocycles. The van der Waals surface area contributed by atoms with E-state index in [1.807, 2.05) is 0 Å². The first-order valence-corrected chi connectivity index (χ1v) is 12.2. The maximum atomic E-state index is 11.6. The van der Waals surface area contributed by atoms with Gasteiger partial charge in [0.25, 0.3) is 0 Å². The smallest absolute Gasteiger partial charge is 0.303 e. The van der Waals surface area contributed by atoms with Crippen molar-refractivity contribution in [1.29, 1.82) is 0 Å². The van der Waals surface area contributed by atoms with Crippen molar-refractivity contribution in [3.63, 3.8) is 0 Å². The van der Waals surface area contributed by atoms with Crippen molar-refractivity contribution >= 4 is 5.97 Å². The molecule has 9 atom stereocenters. The van der Waals surface area contributed by atoms with Crippen molar-refractivity contribution < 1.29 is 29.1 Å². The topological polar surface area (TPSA) is 74.2 Å². The molecular weight excluding hydrogens is 396 g/mol. The Morgan fingerprint density at radius 2 is 1.94 bits per heavy atom. The van der Waals surface area contributed by atoms with Crippen LogP contribution in [0.2, 0.25) is 0 Å². The van der Waals surface area contributed by atoms with Crippen LogP contribution in [-0.2, 0) is 24.0 Å². The summed E-state index contributed by atoms with van der Waals surface area (Å²) in [5.41, 5.74) is -0.0563. The fraction of sp³-hybridized carbons (Fsp3) is 0.880. The average molecular weight is 437 g/mol. The Kier molecular flexibility index (Phi) is 6.46. The molecule has 4 unspecified atom stereocenters. The van der Waals surface area contributed by atoms with Crippen molar-refractivity contribution in [2.45, 2.75) is 103 Å². The highest BCUT2D eigenvalue weighted by Crippen LogP contribution is 2.63. The van der Waals surface area contributed by atoms with Crippen molar-refractivity contribution in [3.8, 4) is 0 Å². The number of rotatable bonds is 6. The lowest BCUT2D eigenvalue weighted by molar-refractivity contribution is -0.313. The van der Waals surface area contributed by atoms with Crippen molar-refractivity contribution in [2.75, 3.05) is 6.61 Å². The van der Waals surface area contributed by atoms with E-state index < -0.39 is 6.10 Å². The van der Waals surface area contributed by atoms with Crippen LogP contribution in [0.15, 0.2) is 12.3 Å². The van der Waals surface area contributed by atoms with Crippen LogP contribution < -0.4 is 0 Å². The summed E-state index contributed by atoms with van der Waals surface area (Å²) in [6.45, 7) is 12.5. The molecule has 0 aromatic rings. The summed E-state index contributed by atoms with van der Waals surface area (Å²) in [5, 5.41) is 11.3. The van der Waals surface area contributed by atoms with Crippen LogP contribution in [0.1, 0.15) is 79.1 Å². The first-order chi connectivity index (χ1) is 14.7. The average Bonchev–Trinajstić information content (AvgIpc) is 3.03. The molecule has 0 amide bonds. The van der Waals surface area contributed by atoms with Crippen LogP contribution in [-0.4, -0.2) is 42.1 Å². The van der Waals surface area contributed by atoms with Crippen LogP contribution in [0, 0.1) is 28.6 Å². The van der Waals surface area contributed by atoms with Gasteiger partial charge in [0.1, 0.15) is 18.0 Å². The lowest BCUT2D eigenvalue weighted by atomic mass is 9.45. The van der Waals surface area contributed by atoms with Gasteiger partial charge in [-0.15, -0.1) is 0 Å². The number of ether oxygens (including phenoxy) is 2. The molecule has 0 bridgehead atoms. The summed E-state index contributed by atoms with van der Waals surface area (Å²) in [6.07, 6.45) is 6.89. The van der Waals surface area contributed by atoms with Crippen LogP contribution in [0.3, 0.4) is 0 Å². The van der Waals surface area contributed by atoms with Gasteiger partial charge in [0.15, 0.2) is 0 Å². The summed E-state index contributed by atoms with van der Waals surface area (Å²) >= 11 is 0. The van der Waals surface area contributed by atoms with Gasteiger partial charge in [-0.1, -0.05) is 27.4 Å². The fourth-order valence-electron chi connectivity index (χ4n) is 7.31. The molecule has 0 aromatic carbocycles. The van der Waals surface area contributed by atoms with Crippen LogP contribution >= 0.6 is 0 Å². The zero-order valence-corrected chi connectivity index (χ0v) is 19.6. The maximum absolute atomic E-state index is 11.6. The van der Waals surface area contributed by atoms with Gasteiger partial charge in [-0.3, -0.25) is 4.79 Å². The highest BCUT2D eigenvalue weighted by atomic mass is 17.2. The molecule has 31 heavy (non-hydrogen) atoms. The minimum atomic E-state index is -0.404. The molecule has 6 nitrogen and oxygen atoms in total. The minimum absolute atomic E-state index is 0.0559. The molecule has 176 valence electrons. The molecule has 1 N–H and O–H groups in total. The second kappa shape index (κ2) is 8.68. The molecule has 4 rings (SSSR count). The summed E-state index contributed by atoms with van der Waals surface area (Å²) in [6, 6.07) is 0. The van der Waals surface area contributed by atoms with E-state index in [1.54, 1.807) is 0 Å². The summed E-state index contributed by atoms with van der Waals surface area (Å²) in [4.78, 5) is 22.8. The Labute approximate surface area is 186 Å². The van der Waals surface area contributed by atoms with Gasteiger partial charge in [-0.05, 0) is 62.2 Å². The van der Waals surface area contributed by atoms with E-state index >= 15 is 0 Å². The normalized spacial score (nSPS) is 46.4. The third-order valence-electron chi connectivity index (χ3n) is 9.06. The number of esters is 1. The van der Waals surface area contributed by atoms with Crippen LogP contribution in [0.4, 0.5) is 0 Å². The minimum Gasteiger partial charge on any atom is -0.459 e. The number of fused-ring (bicyclic) bond motifs is 5. The third kappa shape index (κ3) is 4.04. The Morgan fingerprint density at radius 3 is 2.65 bits per heavy atom. The van der Waals surface area contributed by atoms with E-state index in [0.29, 0.717) is 24.2 Å². The van der Waals surface area contributed by atoms with Crippen molar-refractivity contribution in [3.05, 3.63) is 12.3 Å². The summed E-state index contributed by atoms with van der Waals surface area (Å²) < 4.78 is 11.9. The molecule has 4 aliphatic rings. The Balaban J connectivity index is 1.46. The number of hydrogen-bond acceptors (Lipinski definition) is 6. The van der Waals surface area contributed by atoms with Crippen LogP contribution in [0.25, 0.3) is 0 Å². The fourth-order valence-corrected chi connectivity index (χ4v) is 7.31. The number of carbonyl (C=O) groups excluding carboxylic acids is 1. The Morgan fingerprint density at radius 1 is 1.19 bits per heavy atom. The molecule has 1 saturated heterocycles. The second-order valence-corrected chi connectivity index (χ2v) is 11.0. The highest BCUT2D eigenvalue weighted by Gasteiger charge is 2.64. The number of aliphatic hydroxyl groups is 1. The molecule has 1 aliphatic heterocycles. The zero-order chi connectivity index (χ0) is 22.4. The summed E-state index contributed by atoms with van der Waals surface area (Å²) in [7, 11) is 0. The van der Waals surface area contributed by atoms with Gasteiger partial charge >= 0.3 is 5.97 Å². The molecule has 1 heterocycles. The molecular formula is C25H40O6. The Hall–Kier alpha value is -1.11. The predicted molar refractivity (Wildman–Crippen MR) is 116 cm³/mol. The van der Waals surface area contributed by atoms with Crippen LogP contribution in [0.5, 0.6) is 0 Å². The third-order valence-corrected chi connectivity index (χ3v) is 9.06. The largest absolute Gasteiger partial charge is 0.459 e. The second-order valence-electron chi connectivity index (χ2n) is 11.0. The number of hydrogen-bond donors (Lipinski definition) is 1. The quantitative estimate of drug-likeness (QED) is 0.285. The first kappa shape index (κ1) is 23.1. The van der Waals surface area contributed by atoms with E-state index in [-0.39, 0.29) is 41.0 Å². The number of allylic oxidation sites excluding steroid dienone is 1. The SMILES string of the molecule is C=C(CCC)OO[C@H]1CC[C@@]2(C)C(C1)C[C@H](O)C1C2CC[C@@]2(C)C1OC[C@@H]2OC(C)=O. The van der Waals surface area contributed by atoms with Gasteiger partial charge in [-0.25, -0.2) is 0 Å². The van der Waals surface area contributed by atoms with Crippen molar-refractivity contribution in [2.24, 2.45) is 28.6 Å². The standard InChI is InChI=1S/C25H40O6/c1-6-7-15(2)30-31-18-8-10-24(4)17(12-18)13-20(27)22-19(24)9-11-25(5)21(29-16(3)26)14-28-23(22)25/h17-23,27H,2,6-14H2,1,3-5H3/t17?,18-,19?,20-,21-,22?,23?,24-,25+/m0/s1. The lowest BCUT2D eigenvalue weighted by Crippen LogP contribution is -2.61. The summed E-state index contributed by atoms with van der Waals surface area (Å²) in [5.74, 6) is 1.34. The molecule has 0 radical (unpaired) electrons. The zero-order valence-electron chi connectivity index (χ0n) is 19.6. The van der Waals surface area contributed by atoms with E-state index in [4.69, 9.17) is 19.2 Å². The monoisotopic (exact) mass is 436 g/mol. The molecule has 3 saturated carbocycles. The molecule has 6 heteroatoms. The van der Waals surface area contributed by atoms with E-state index in [9.17, 15) is 9.90 Å². The first-order valence-electron chi connectivity index (χ1n) is 12.2. The molecule has 4 fully saturated rings. The van der Waals surface area contributed by atoms with E-state index in [1.165, 1.54) is 6.92 Å². The van der Waals surface area contributed by atoms with E-state index in [0.717, 1.165) is 51.4 Å². The van der Waals surface area contributed by atoms with Gasteiger partial charge in [0, 0.05) is 24.7 Å². The highest BCUT2D eigenvalue weighted by molar-refractivity contribution is 5.66.